The number of rotatable bonds is 5. The van der Waals surface area contributed by atoms with E-state index in [1.165, 1.54) is 30.6 Å². The smallest absolute Gasteiger partial charge is 0.0416 e. The van der Waals surface area contributed by atoms with E-state index in [2.05, 4.69) is 50.2 Å². The maximum atomic E-state index is 6.25. The Kier molecular flexibility index (Phi) is 5.27. The van der Waals surface area contributed by atoms with E-state index in [0.717, 1.165) is 18.4 Å². The van der Waals surface area contributed by atoms with Crippen LogP contribution in [0.3, 0.4) is 0 Å². The summed E-state index contributed by atoms with van der Waals surface area (Å²) in [4.78, 5) is 4.01. The highest BCUT2D eigenvalue weighted by atomic mass is 32.1. The Hall–Kier alpha value is -0.380. The van der Waals surface area contributed by atoms with Crippen LogP contribution in [0.15, 0.2) is 17.5 Å². The summed E-state index contributed by atoms with van der Waals surface area (Å²) >= 11 is 1.86. The Labute approximate surface area is 128 Å². The lowest BCUT2D eigenvalue weighted by Gasteiger charge is -2.49. The molecule has 1 aliphatic rings. The monoisotopic (exact) mass is 294 g/mol. The van der Waals surface area contributed by atoms with Crippen LogP contribution in [0, 0.1) is 11.8 Å². The van der Waals surface area contributed by atoms with Gasteiger partial charge in [0.2, 0.25) is 0 Å². The molecule has 0 radical (unpaired) electrons. The summed E-state index contributed by atoms with van der Waals surface area (Å²) in [6.45, 7) is 7.82. The molecule has 2 nitrogen and oxygen atoms in total. The Morgan fingerprint density at radius 2 is 2.20 bits per heavy atom. The second kappa shape index (κ2) is 6.59. The van der Waals surface area contributed by atoms with Gasteiger partial charge >= 0.3 is 0 Å². The van der Waals surface area contributed by atoms with Gasteiger partial charge in [0.1, 0.15) is 0 Å². The third-order valence-corrected chi connectivity index (χ3v) is 6.51. The van der Waals surface area contributed by atoms with Crippen molar-refractivity contribution in [1.82, 2.24) is 4.90 Å². The Balaban J connectivity index is 2.17. The number of thiophene rings is 1. The lowest BCUT2D eigenvalue weighted by molar-refractivity contribution is 0.0199. The maximum absolute atomic E-state index is 6.25. The fourth-order valence-corrected chi connectivity index (χ4v) is 4.56. The van der Waals surface area contributed by atoms with Crippen molar-refractivity contribution in [1.29, 1.82) is 0 Å². The Morgan fingerprint density at radius 3 is 2.75 bits per heavy atom. The average molecular weight is 295 g/mol. The number of likely N-dealkylation sites (N-methyl/N-ethyl adjacent to an activating group) is 1. The van der Waals surface area contributed by atoms with Gasteiger partial charge in [-0.25, -0.2) is 0 Å². The first-order valence-electron chi connectivity index (χ1n) is 7.96. The van der Waals surface area contributed by atoms with Gasteiger partial charge in [0.25, 0.3) is 0 Å². The third-order valence-electron chi connectivity index (χ3n) is 5.47. The lowest BCUT2D eigenvalue weighted by atomic mass is 9.70. The minimum absolute atomic E-state index is 0.191. The fourth-order valence-electron chi connectivity index (χ4n) is 3.73. The standard InChI is InChI=1S/C17H30N2S/c1-13(2)15-7-5-9-17(11-15,12-18)19(4)14(3)16-8-6-10-20-16/h6,8,10,13-15H,5,7,9,11-12,18H2,1-4H3. The largest absolute Gasteiger partial charge is 0.329 e. The van der Waals surface area contributed by atoms with Crippen molar-refractivity contribution in [3.8, 4) is 0 Å². The molecule has 3 atom stereocenters. The molecular weight excluding hydrogens is 264 g/mol. The van der Waals surface area contributed by atoms with Gasteiger partial charge in [-0.2, -0.15) is 0 Å². The summed E-state index contributed by atoms with van der Waals surface area (Å²) in [7, 11) is 2.28. The highest BCUT2D eigenvalue weighted by molar-refractivity contribution is 7.10. The maximum Gasteiger partial charge on any atom is 0.0416 e. The van der Waals surface area contributed by atoms with Gasteiger partial charge in [-0.05, 0) is 50.1 Å². The molecule has 2 rings (SSSR count). The highest BCUT2D eigenvalue weighted by Gasteiger charge is 2.41. The zero-order valence-electron chi connectivity index (χ0n) is 13.4. The molecule has 1 saturated carbocycles. The van der Waals surface area contributed by atoms with Gasteiger partial charge in [0, 0.05) is 23.0 Å². The Morgan fingerprint density at radius 1 is 1.45 bits per heavy atom. The van der Waals surface area contributed by atoms with Crippen LogP contribution < -0.4 is 5.73 Å². The molecule has 0 saturated heterocycles. The molecular formula is C17H30N2S. The normalized spacial score (nSPS) is 29.1. The number of nitrogens with zero attached hydrogens (tertiary/aromatic N) is 1. The van der Waals surface area contributed by atoms with Gasteiger partial charge in [-0.15, -0.1) is 11.3 Å². The molecule has 0 spiro atoms. The minimum atomic E-state index is 0.191. The number of hydrogen-bond acceptors (Lipinski definition) is 3. The van der Waals surface area contributed by atoms with Gasteiger partial charge in [-0.3, -0.25) is 4.90 Å². The van der Waals surface area contributed by atoms with Crippen LogP contribution in [-0.4, -0.2) is 24.0 Å². The molecule has 1 aromatic heterocycles. The van der Waals surface area contributed by atoms with E-state index in [1.54, 1.807) is 0 Å². The summed E-state index contributed by atoms with van der Waals surface area (Å²) in [5, 5.41) is 2.17. The lowest BCUT2D eigenvalue weighted by Crippen LogP contribution is -2.55. The zero-order chi connectivity index (χ0) is 14.8. The first kappa shape index (κ1) is 16.0. The summed E-state index contributed by atoms with van der Waals surface area (Å²) in [6.07, 6.45) is 5.20. The molecule has 0 amide bonds. The van der Waals surface area contributed by atoms with Crippen molar-refractivity contribution < 1.29 is 0 Å². The predicted molar refractivity (Wildman–Crippen MR) is 89.1 cm³/mol. The van der Waals surface area contributed by atoms with Crippen LogP contribution in [0.2, 0.25) is 0 Å². The van der Waals surface area contributed by atoms with Crippen molar-refractivity contribution >= 4 is 11.3 Å². The van der Waals surface area contributed by atoms with Crippen molar-refractivity contribution in [3.63, 3.8) is 0 Å². The van der Waals surface area contributed by atoms with Gasteiger partial charge in [0.05, 0.1) is 0 Å². The van der Waals surface area contributed by atoms with E-state index in [1.807, 2.05) is 11.3 Å². The number of hydrogen-bond donors (Lipinski definition) is 1. The SMILES string of the molecule is CC(C)C1CCCC(CN)(N(C)C(C)c2cccs2)C1. The molecule has 1 aliphatic carbocycles. The predicted octanol–water partition coefficient (Wildman–Crippen LogP) is 4.28. The van der Waals surface area contributed by atoms with Crippen molar-refractivity contribution in [3.05, 3.63) is 22.4 Å². The van der Waals surface area contributed by atoms with E-state index >= 15 is 0 Å². The van der Waals surface area contributed by atoms with Crippen LogP contribution in [-0.2, 0) is 0 Å². The molecule has 2 N–H and O–H groups in total. The molecule has 114 valence electrons. The average Bonchev–Trinajstić information content (AvgIpc) is 2.99. The summed E-state index contributed by atoms with van der Waals surface area (Å²) < 4.78 is 0. The van der Waals surface area contributed by atoms with E-state index in [4.69, 9.17) is 5.73 Å². The summed E-state index contributed by atoms with van der Waals surface area (Å²) in [5.74, 6) is 1.59. The fraction of sp³-hybridized carbons (Fsp3) is 0.765. The van der Waals surface area contributed by atoms with Gasteiger partial charge < -0.3 is 5.73 Å². The first-order valence-corrected chi connectivity index (χ1v) is 8.84. The molecule has 20 heavy (non-hydrogen) atoms. The van der Waals surface area contributed by atoms with E-state index in [0.29, 0.717) is 6.04 Å². The quantitative estimate of drug-likeness (QED) is 0.878. The summed E-state index contributed by atoms with van der Waals surface area (Å²) in [5.41, 5.74) is 6.45. The first-order chi connectivity index (χ1) is 9.50. The van der Waals surface area contributed by atoms with Crippen LogP contribution in [0.1, 0.15) is 57.4 Å². The van der Waals surface area contributed by atoms with Crippen molar-refractivity contribution in [2.24, 2.45) is 17.6 Å². The molecule has 0 aromatic carbocycles. The van der Waals surface area contributed by atoms with Gasteiger partial charge in [-0.1, -0.05) is 32.8 Å². The zero-order valence-corrected chi connectivity index (χ0v) is 14.2. The number of nitrogens with two attached hydrogens (primary N) is 1. The summed E-state index contributed by atoms with van der Waals surface area (Å²) in [6, 6.07) is 4.86. The van der Waals surface area contributed by atoms with Crippen LogP contribution in [0.4, 0.5) is 0 Å². The third kappa shape index (κ3) is 3.10. The second-order valence-electron chi connectivity index (χ2n) is 6.83. The van der Waals surface area contributed by atoms with E-state index in [9.17, 15) is 0 Å². The second-order valence-corrected chi connectivity index (χ2v) is 7.81. The van der Waals surface area contributed by atoms with Crippen molar-refractivity contribution in [2.45, 2.75) is 58.0 Å². The van der Waals surface area contributed by atoms with Crippen LogP contribution in [0.5, 0.6) is 0 Å². The van der Waals surface area contributed by atoms with E-state index < -0.39 is 0 Å². The molecule has 0 bridgehead atoms. The molecule has 1 heterocycles. The molecule has 1 aromatic rings. The highest BCUT2D eigenvalue weighted by Crippen LogP contribution is 2.42. The molecule has 3 heteroatoms. The molecule has 1 fully saturated rings. The van der Waals surface area contributed by atoms with E-state index in [-0.39, 0.29) is 5.54 Å². The molecule has 0 aliphatic heterocycles. The molecule has 3 unspecified atom stereocenters. The topological polar surface area (TPSA) is 29.3 Å². The Bertz CT molecular complexity index is 401. The van der Waals surface area contributed by atoms with Crippen LogP contribution >= 0.6 is 11.3 Å². The minimum Gasteiger partial charge on any atom is -0.329 e. The van der Waals surface area contributed by atoms with Crippen LogP contribution in [0.25, 0.3) is 0 Å². The van der Waals surface area contributed by atoms with Gasteiger partial charge in [0.15, 0.2) is 0 Å². The van der Waals surface area contributed by atoms with Crippen molar-refractivity contribution in [2.75, 3.05) is 13.6 Å².